The summed E-state index contributed by atoms with van der Waals surface area (Å²) in [7, 11) is 5.11. The molecule has 3 aromatic carbocycles. The van der Waals surface area contributed by atoms with Crippen LogP contribution in [0, 0.1) is 6.92 Å². The third-order valence-electron chi connectivity index (χ3n) is 5.00. The highest BCUT2D eigenvalue weighted by atomic mass is 16.5. The third kappa shape index (κ3) is 4.19. The van der Waals surface area contributed by atoms with E-state index in [0.29, 0.717) is 17.5 Å². The molecule has 0 unspecified atom stereocenters. The third-order valence-corrected chi connectivity index (χ3v) is 5.00. The van der Waals surface area contributed by atoms with Gasteiger partial charge in [0.05, 0.1) is 25.5 Å². The van der Waals surface area contributed by atoms with E-state index >= 15 is 0 Å². The molecule has 0 spiro atoms. The lowest BCUT2D eigenvalue weighted by atomic mass is 10.0. The maximum absolute atomic E-state index is 5.57. The van der Waals surface area contributed by atoms with Crippen molar-refractivity contribution >= 4 is 11.7 Å². The Morgan fingerprint density at radius 1 is 0.839 bits per heavy atom. The van der Waals surface area contributed by atoms with Crippen molar-refractivity contribution in [2.24, 2.45) is 12.0 Å². The fraction of sp³-hybridized carbons (Fsp3) is 0.160. The molecule has 0 aliphatic heterocycles. The van der Waals surface area contributed by atoms with Crippen molar-refractivity contribution in [2.75, 3.05) is 14.2 Å². The van der Waals surface area contributed by atoms with E-state index in [-0.39, 0.29) is 0 Å². The lowest BCUT2D eigenvalue weighted by molar-refractivity contribution is 0.401. The monoisotopic (exact) mass is 412 g/mol. The summed E-state index contributed by atoms with van der Waals surface area (Å²) >= 11 is 0. The Labute approximate surface area is 181 Å². The predicted molar refractivity (Wildman–Crippen MR) is 122 cm³/mol. The number of hydrogen-bond acceptors (Lipinski definition) is 5. The van der Waals surface area contributed by atoms with Crippen molar-refractivity contribution < 1.29 is 9.47 Å². The number of aromatic nitrogens is 3. The van der Waals surface area contributed by atoms with E-state index in [4.69, 9.17) is 19.5 Å². The van der Waals surface area contributed by atoms with Crippen LogP contribution in [0.15, 0.2) is 77.8 Å². The second-order valence-corrected chi connectivity index (χ2v) is 7.07. The first-order valence-electron chi connectivity index (χ1n) is 9.94. The van der Waals surface area contributed by atoms with E-state index in [1.54, 1.807) is 18.9 Å². The van der Waals surface area contributed by atoms with Crippen LogP contribution in [0.25, 0.3) is 11.4 Å². The summed E-state index contributed by atoms with van der Waals surface area (Å²) in [6.45, 7) is 1.97. The molecule has 0 saturated carbocycles. The Hall–Kier alpha value is -3.93. The summed E-state index contributed by atoms with van der Waals surface area (Å²) in [6.07, 6.45) is 0. The first-order valence-corrected chi connectivity index (χ1v) is 9.94. The molecular weight excluding hydrogens is 388 g/mol. The zero-order valence-electron chi connectivity index (χ0n) is 18.0. The van der Waals surface area contributed by atoms with E-state index in [0.717, 1.165) is 33.7 Å². The van der Waals surface area contributed by atoms with E-state index in [1.807, 2.05) is 86.8 Å². The van der Waals surface area contributed by atoms with Gasteiger partial charge in [0, 0.05) is 18.2 Å². The molecule has 1 aromatic heterocycles. The lowest BCUT2D eigenvalue weighted by Crippen LogP contribution is -2.03. The Morgan fingerprint density at radius 2 is 1.42 bits per heavy atom. The van der Waals surface area contributed by atoms with E-state index in [2.05, 4.69) is 5.10 Å². The molecule has 0 N–H and O–H groups in total. The van der Waals surface area contributed by atoms with Crippen molar-refractivity contribution in [3.63, 3.8) is 0 Å². The van der Waals surface area contributed by atoms with Crippen molar-refractivity contribution in [1.82, 2.24) is 14.8 Å². The fourth-order valence-corrected chi connectivity index (χ4v) is 3.40. The van der Waals surface area contributed by atoms with Gasteiger partial charge in [-0.1, -0.05) is 60.7 Å². The standard InChI is InChI=1S/C25H24N4O2/c1-17-15-22(31-4)20(16-21(17)30-3)24-27-25(29(2)28-24)26-23(18-11-7-5-8-12-18)19-13-9-6-10-14-19/h5-16H,1-4H3. The largest absolute Gasteiger partial charge is 0.496 e. The molecule has 0 fully saturated rings. The van der Waals surface area contributed by atoms with Crippen LogP contribution < -0.4 is 9.47 Å². The van der Waals surface area contributed by atoms with Gasteiger partial charge < -0.3 is 9.47 Å². The maximum atomic E-state index is 5.57. The molecule has 31 heavy (non-hydrogen) atoms. The van der Waals surface area contributed by atoms with Gasteiger partial charge in [0.25, 0.3) is 0 Å². The van der Waals surface area contributed by atoms with Crippen LogP contribution in [0.3, 0.4) is 0 Å². The molecule has 0 amide bonds. The molecule has 0 aliphatic rings. The zero-order valence-corrected chi connectivity index (χ0v) is 18.0. The van der Waals surface area contributed by atoms with Crippen molar-refractivity contribution in [1.29, 1.82) is 0 Å². The van der Waals surface area contributed by atoms with Crippen LogP contribution in [0.4, 0.5) is 5.95 Å². The molecule has 0 saturated heterocycles. The number of rotatable bonds is 6. The quantitative estimate of drug-likeness (QED) is 0.419. The van der Waals surface area contributed by atoms with Gasteiger partial charge in [-0.05, 0) is 24.6 Å². The number of benzene rings is 3. The molecule has 6 heteroatoms. The van der Waals surface area contributed by atoms with E-state index in [1.165, 1.54) is 0 Å². The first kappa shape index (κ1) is 20.3. The Bertz CT molecular complexity index is 1170. The van der Waals surface area contributed by atoms with Gasteiger partial charge in [-0.25, -0.2) is 9.67 Å². The molecule has 6 nitrogen and oxygen atoms in total. The summed E-state index contributed by atoms with van der Waals surface area (Å²) in [5.74, 6) is 2.46. The maximum Gasteiger partial charge on any atom is 0.248 e. The number of nitrogens with zero attached hydrogens (tertiary/aromatic N) is 4. The summed E-state index contributed by atoms with van der Waals surface area (Å²) in [6, 6.07) is 23.9. The minimum absolute atomic E-state index is 0.499. The van der Waals surface area contributed by atoms with Crippen molar-refractivity contribution in [2.45, 2.75) is 6.92 Å². The van der Waals surface area contributed by atoms with Crippen LogP contribution in [0.5, 0.6) is 11.5 Å². The first-order chi connectivity index (χ1) is 15.1. The average Bonchev–Trinajstić information content (AvgIpc) is 3.18. The number of aliphatic imine (C=N–C) groups is 1. The molecule has 0 aliphatic carbocycles. The highest BCUT2D eigenvalue weighted by Gasteiger charge is 2.17. The Kier molecular flexibility index (Phi) is 5.80. The summed E-state index contributed by atoms with van der Waals surface area (Å²) in [5.41, 5.74) is 4.58. The van der Waals surface area contributed by atoms with Crippen molar-refractivity contribution in [3.05, 3.63) is 89.5 Å². The summed E-state index contributed by atoms with van der Waals surface area (Å²) in [4.78, 5) is 9.61. The minimum Gasteiger partial charge on any atom is -0.496 e. The number of ether oxygens (including phenoxy) is 2. The number of hydrogen-bond donors (Lipinski definition) is 0. The van der Waals surface area contributed by atoms with E-state index < -0.39 is 0 Å². The Morgan fingerprint density at radius 3 is 1.97 bits per heavy atom. The van der Waals surface area contributed by atoms with Crippen molar-refractivity contribution in [3.8, 4) is 22.9 Å². The zero-order chi connectivity index (χ0) is 21.8. The van der Waals surface area contributed by atoms with Gasteiger partial charge in [-0.3, -0.25) is 0 Å². The second kappa shape index (κ2) is 8.83. The van der Waals surface area contributed by atoms with Crippen LogP contribution in [0.2, 0.25) is 0 Å². The van der Waals surface area contributed by atoms with Gasteiger partial charge in [-0.2, -0.15) is 4.98 Å². The molecular formula is C25H24N4O2. The summed E-state index contributed by atoms with van der Waals surface area (Å²) in [5, 5.41) is 4.60. The average molecular weight is 412 g/mol. The predicted octanol–water partition coefficient (Wildman–Crippen LogP) is 4.98. The van der Waals surface area contributed by atoms with Gasteiger partial charge >= 0.3 is 0 Å². The smallest absolute Gasteiger partial charge is 0.248 e. The lowest BCUT2D eigenvalue weighted by Gasteiger charge is -2.10. The fourth-order valence-electron chi connectivity index (χ4n) is 3.40. The molecule has 0 radical (unpaired) electrons. The Balaban J connectivity index is 1.84. The van der Waals surface area contributed by atoms with Crippen LogP contribution in [-0.4, -0.2) is 34.7 Å². The SMILES string of the molecule is COc1cc(-c2nc(N=C(c3ccccc3)c3ccccc3)n(C)n2)c(OC)cc1C. The normalized spacial score (nSPS) is 10.6. The molecule has 4 rings (SSSR count). The van der Waals surface area contributed by atoms with Gasteiger partial charge in [-0.15, -0.1) is 5.10 Å². The molecule has 1 heterocycles. The topological polar surface area (TPSA) is 61.5 Å². The van der Waals surface area contributed by atoms with Crippen LogP contribution in [-0.2, 0) is 7.05 Å². The number of aryl methyl sites for hydroxylation is 2. The molecule has 4 aromatic rings. The second-order valence-electron chi connectivity index (χ2n) is 7.07. The molecule has 0 atom stereocenters. The summed E-state index contributed by atoms with van der Waals surface area (Å²) < 4.78 is 12.7. The van der Waals surface area contributed by atoms with Crippen LogP contribution in [0.1, 0.15) is 16.7 Å². The van der Waals surface area contributed by atoms with Gasteiger partial charge in [0.2, 0.25) is 5.95 Å². The van der Waals surface area contributed by atoms with Gasteiger partial charge in [0.1, 0.15) is 11.5 Å². The minimum atomic E-state index is 0.499. The van der Waals surface area contributed by atoms with Crippen LogP contribution >= 0.6 is 0 Å². The number of methoxy groups -OCH3 is 2. The molecule has 156 valence electrons. The highest BCUT2D eigenvalue weighted by molar-refractivity contribution is 6.13. The highest BCUT2D eigenvalue weighted by Crippen LogP contribution is 2.35. The van der Waals surface area contributed by atoms with E-state index in [9.17, 15) is 0 Å². The van der Waals surface area contributed by atoms with Gasteiger partial charge in [0.15, 0.2) is 5.82 Å². The molecule has 0 bridgehead atoms.